The number of fused-ring (bicyclic) bond motifs is 2. The van der Waals surface area contributed by atoms with Gasteiger partial charge in [-0.2, -0.15) is 5.10 Å². The van der Waals surface area contributed by atoms with Crippen molar-refractivity contribution < 1.29 is 19.1 Å². The van der Waals surface area contributed by atoms with E-state index in [2.05, 4.69) is 46.7 Å². The summed E-state index contributed by atoms with van der Waals surface area (Å²) in [6.45, 7) is 6.23. The van der Waals surface area contributed by atoms with Gasteiger partial charge in [-0.1, -0.05) is 23.7 Å². The molecule has 298 valence electrons. The van der Waals surface area contributed by atoms with Crippen LogP contribution in [0.4, 0.5) is 22.9 Å². The fourth-order valence-electron chi connectivity index (χ4n) is 8.26. The smallest absolute Gasteiger partial charge is 0.294 e. The number of hydrogen-bond acceptors (Lipinski definition) is 12. The van der Waals surface area contributed by atoms with Crippen LogP contribution in [0.3, 0.4) is 0 Å². The molecule has 3 aliphatic heterocycles. The van der Waals surface area contributed by atoms with Crippen molar-refractivity contribution in [1.29, 1.82) is 0 Å². The monoisotopic (exact) mass is 795 g/mol. The molecule has 3 aliphatic rings. The maximum absolute atomic E-state index is 12.8. The molecule has 4 aromatic heterocycles. The minimum Gasteiger partial charge on any atom is -0.478 e. The molecule has 0 radical (unpaired) electrons. The molecule has 8 rings (SSSR count). The van der Waals surface area contributed by atoms with Gasteiger partial charge in [-0.3, -0.25) is 38.6 Å². The van der Waals surface area contributed by atoms with Crippen molar-refractivity contribution in [1.82, 2.24) is 39.8 Å². The molecule has 17 heteroatoms. The van der Waals surface area contributed by atoms with Gasteiger partial charge in [-0.15, -0.1) is 0 Å². The Hall–Kier alpha value is -5.74. The third-order valence-electron chi connectivity index (χ3n) is 11.4. The zero-order valence-electron chi connectivity index (χ0n) is 32.3. The number of hydrogen-bond donors (Lipinski definition) is 3. The van der Waals surface area contributed by atoms with E-state index in [9.17, 15) is 19.2 Å². The highest BCUT2D eigenvalue weighted by molar-refractivity contribution is 6.33. The molecule has 16 nitrogen and oxygen atoms in total. The van der Waals surface area contributed by atoms with Crippen LogP contribution >= 0.6 is 11.6 Å². The summed E-state index contributed by atoms with van der Waals surface area (Å²) >= 11 is 6.61. The molecule has 0 bridgehead atoms. The van der Waals surface area contributed by atoms with Crippen molar-refractivity contribution in [2.75, 3.05) is 74.6 Å². The molecule has 3 saturated heterocycles. The number of nitrogens with one attached hydrogen (secondary N) is 3. The van der Waals surface area contributed by atoms with Crippen LogP contribution < -0.4 is 36.0 Å². The van der Waals surface area contributed by atoms with Crippen LogP contribution in [-0.4, -0.2) is 106 Å². The van der Waals surface area contributed by atoms with Crippen molar-refractivity contribution in [3.05, 3.63) is 69.9 Å². The van der Waals surface area contributed by atoms with Gasteiger partial charge >= 0.3 is 0 Å². The topological polar surface area (TPSA) is 172 Å². The maximum Gasteiger partial charge on any atom is 0.294 e. The Labute approximate surface area is 334 Å². The summed E-state index contributed by atoms with van der Waals surface area (Å²) in [7, 11) is 5.05. The number of para-hydroxylation sites is 1. The van der Waals surface area contributed by atoms with Gasteiger partial charge in [-0.05, 0) is 43.4 Å². The normalized spacial score (nSPS) is 18.3. The fraction of sp³-hybridized carbons (Fsp3) is 0.425. The van der Waals surface area contributed by atoms with Crippen LogP contribution in [0.2, 0.25) is 5.02 Å². The number of pyridine rings is 3. The Morgan fingerprint density at radius 3 is 2.51 bits per heavy atom. The first-order chi connectivity index (χ1) is 27.6. The van der Waals surface area contributed by atoms with E-state index in [-0.39, 0.29) is 35.6 Å². The predicted molar refractivity (Wildman–Crippen MR) is 219 cm³/mol. The standard InChI is InChI=1S/C40H46ClN11O5/c1-42-35(54)23-57-32-18-25-17-26(20-44-38(25)48(2)40(32)56)45-30-19-33(43-21-29(30)41)52-15-13-50(14-16-52)22-24-9-11-51(12-10-24)31-6-4-5-27-36(47-49(3)37(27)31)28-7-8-34(53)46-39(28)55/h4-6,17-21,24,28H,7-16,22-23H2,1-3H3,(H,42,54)(H,43,45)(H,46,53,55). The van der Waals surface area contributed by atoms with Gasteiger partial charge in [0.1, 0.15) is 11.5 Å². The molecule has 0 saturated carbocycles. The largest absolute Gasteiger partial charge is 0.478 e. The molecule has 1 atom stereocenters. The summed E-state index contributed by atoms with van der Waals surface area (Å²) in [5.74, 6) is 0.243. The van der Waals surface area contributed by atoms with E-state index >= 15 is 0 Å². The highest BCUT2D eigenvalue weighted by Gasteiger charge is 2.33. The van der Waals surface area contributed by atoms with Gasteiger partial charge in [0, 0.05) is 90.2 Å². The number of benzene rings is 1. The summed E-state index contributed by atoms with van der Waals surface area (Å²) in [5.41, 5.74) is 4.36. The minimum atomic E-state index is -0.422. The van der Waals surface area contributed by atoms with E-state index in [0.29, 0.717) is 46.2 Å². The first kappa shape index (κ1) is 38.1. The van der Waals surface area contributed by atoms with E-state index in [4.69, 9.17) is 21.4 Å². The number of aryl methyl sites for hydroxylation is 2. The molecular weight excluding hydrogens is 750 g/mol. The van der Waals surface area contributed by atoms with E-state index in [1.165, 1.54) is 11.6 Å². The van der Waals surface area contributed by atoms with Crippen LogP contribution in [-0.2, 0) is 28.5 Å². The molecule has 5 aromatic rings. The number of rotatable bonds is 10. The van der Waals surface area contributed by atoms with Gasteiger partial charge in [0.15, 0.2) is 12.4 Å². The third-order valence-corrected chi connectivity index (χ3v) is 11.7. The van der Waals surface area contributed by atoms with E-state index in [1.807, 2.05) is 36.0 Å². The number of piperidine rings is 2. The van der Waals surface area contributed by atoms with Gasteiger partial charge in [0.05, 0.1) is 51.6 Å². The number of ether oxygens (including phenoxy) is 1. The number of aromatic nitrogens is 5. The average Bonchev–Trinajstić information content (AvgIpc) is 3.55. The highest BCUT2D eigenvalue weighted by atomic mass is 35.5. The average molecular weight is 796 g/mol. The Bertz CT molecular complexity index is 2420. The van der Waals surface area contributed by atoms with Gasteiger partial charge < -0.3 is 25.2 Å². The van der Waals surface area contributed by atoms with E-state index in [0.717, 1.165) is 86.8 Å². The van der Waals surface area contributed by atoms with Crippen molar-refractivity contribution in [2.45, 2.75) is 31.6 Å². The quantitative estimate of drug-likeness (QED) is 0.177. The number of imide groups is 1. The van der Waals surface area contributed by atoms with Crippen molar-refractivity contribution in [2.24, 2.45) is 20.0 Å². The second-order valence-corrected chi connectivity index (χ2v) is 15.4. The number of nitrogens with zero attached hydrogens (tertiary/aromatic N) is 8. The molecule has 1 unspecified atom stereocenters. The van der Waals surface area contributed by atoms with Crippen LogP contribution in [0.25, 0.3) is 21.9 Å². The molecule has 3 fully saturated rings. The zero-order valence-corrected chi connectivity index (χ0v) is 33.0. The number of carbonyl (C=O) groups is 3. The summed E-state index contributed by atoms with van der Waals surface area (Å²) in [4.78, 5) is 65.4. The lowest BCUT2D eigenvalue weighted by Crippen LogP contribution is -2.49. The molecule has 57 heavy (non-hydrogen) atoms. The lowest BCUT2D eigenvalue weighted by molar-refractivity contribution is -0.134. The third kappa shape index (κ3) is 7.83. The molecule has 1 aromatic carbocycles. The van der Waals surface area contributed by atoms with Crippen molar-refractivity contribution in [3.63, 3.8) is 0 Å². The molecule has 0 spiro atoms. The molecule has 3 amide bonds. The van der Waals surface area contributed by atoms with Crippen LogP contribution in [0.15, 0.2) is 53.6 Å². The van der Waals surface area contributed by atoms with Crippen molar-refractivity contribution in [3.8, 4) is 5.75 Å². The SMILES string of the molecule is CNC(=O)COc1cc2cc(Nc3cc(N4CCN(CC5CCN(c6cccc7c(C8CCC(=O)NC8=O)nn(C)c67)CC5)CC4)ncc3Cl)cnc2n(C)c1=O. The first-order valence-electron chi connectivity index (χ1n) is 19.3. The summed E-state index contributed by atoms with van der Waals surface area (Å²) < 4.78 is 8.78. The Morgan fingerprint density at radius 1 is 0.965 bits per heavy atom. The fourth-order valence-corrected chi connectivity index (χ4v) is 8.41. The van der Waals surface area contributed by atoms with Crippen LogP contribution in [0.1, 0.15) is 37.3 Å². The molecule has 0 aliphatic carbocycles. The number of anilines is 4. The number of piperazine rings is 1. The van der Waals surface area contributed by atoms with E-state index < -0.39 is 5.92 Å². The maximum atomic E-state index is 12.8. The van der Waals surface area contributed by atoms with Crippen molar-refractivity contribution >= 4 is 74.1 Å². The predicted octanol–water partition coefficient (Wildman–Crippen LogP) is 3.30. The number of likely N-dealkylation sites (N-methyl/N-ethyl adjacent to an activating group) is 1. The van der Waals surface area contributed by atoms with Crippen LogP contribution in [0.5, 0.6) is 5.75 Å². The lowest BCUT2D eigenvalue weighted by Gasteiger charge is -2.40. The number of amides is 3. The van der Waals surface area contributed by atoms with Gasteiger partial charge in [0.25, 0.3) is 11.5 Å². The summed E-state index contributed by atoms with van der Waals surface area (Å²) in [5, 5.41) is 15.2. The van der Waals surface area contributed by atoms with Gasteiger partial charge in [0.2, 0.25) is 11.8 Å². The number of halogens is 1. The zero-order chi connectivity index (χ0) is 39.8. The highest BCUT2D eigenvalue weighted by Crippen LogP contribution is 2.36. The molecule has 3 N–H and O–H groups in total. The molecular formula is C40H46ClN11O5. The first-order valence-corrected chi connectivity index (χ1v) is 19.7. The second kappa shape index (κ2) is 16.0. The second-order valence-electron chi connectivity index (χ2n) is 15.0. The number of carbonyl (C=O) groups excluding carboxylic acids is 3. The molecule has 7 heterocycles. The Balaban J connectivity index is 0.866. The van der Waals surface area contributed by atoms with Crippen LogP contribution in [0, 0.1) is 5.92 Å². The van der Waals surface area contributed by atoms with E-state index in [1.54, 1.807) is 25.5 Å². The Kier molecular flexibility index (Phi) is 10.7. The minimum absolute atomic E-state index is 0.0588. The summed E-state index contributed by atoms with van der Waals surface area (Å²) in [6.07, 6.45) is 6.29. The van der Waals surface area contributed by atoms with Gasteiger partial charge in [-0.25, -0.2) is 9.97 Å². The summed E-state index contributed by atoms with van der Waals surface area (Å²) in [6, 6.07) is 11.6. The Morgan fingerprint density at radius 2 is 1.75 bits per heavy atom. The lowest BCUT2D eigenvalue weighted by atomic mass is 9.92.